The molecule has 288 valence electrons. The molecule has 3 fully saturated rings. The number of fused-ring (bicyclic) bond motifs is 4. The van der Waals surface area contributed by atoms with Crippen molar-refractivity contribution in [3.63, 3.8) is 0 Å². The molecule has 6 aliphatic rings. The highest BCUT2D eigenvalue weighted by atomic mass is 16.5. The molecule has 0 unspecified atom stereocenters. The minimum absolute atomic E-state index is 0.0376. The number of hydrogen-bond acceptors (Lipinski definition) is 7. The Hall–Kier alpha value is -5.15. The topological polar surface area (TPSA) is 102 Å². The Morgan fingerprint density at radius 3 is 2.34 bits per heavy atom. The molecule has 0 saturated carbocycles. The third-order valence-corrected chi connectivity index (χ3v) is 14.1. The Balaban J connectivity index is 0.754. The van der Waals surface area contributed by atoms with E-state index < -0.39 is 6.04 Å². The Bertz CT molecular complexity index is 2170. The molecule has 1 aliphatic carbocycles. The average Bonchev–Trinajstić information content (AvgIpc) is 3.73. The molecule has 0 aromatic heterocycles. The van der Waals surface area contributed by atoms with Crippen molar-refractivity contribution in [2.45, 2.75) is 81.2 Å². The molecule has 5 heterocycles. The fourth-order valence-corrected chi connectivity index (χ4v) is 10.9. The van der Waals surface area contributed by atoms with Gasteiger partial charge in [-0.2, -0.15) is 0 Å². The quantitative estimate of drug-likeness (QED) is 0.213. The molecular weight excluding hydrogens is 701 g/mol. The number of anilines is 1. The Labute approximate surface area is 328 Å². The number of carbonyl (C=O) groups is 3. The Morgan fingerprint density at radius 1 is 0.786 bits per heavy atom. The first-order chi connectivity index (χ1) is 27.3. The zero-order valence-corrected chi connectivity index (χ0v) is 31.9. The van der Waals surface area contributed by atoms with E-state index in [0.29, 0.717) is 42.7 Å². The van der Waals surface area contributed by atoms with E-state index in [0.717, 1.165) is 69.7 Å². The van der Waals surface area contributed by atoms with Crippen molar-refractivity contribution in [1.82, 2.24) is 15.1 Å². The molecule has 2 N–H and O–H groups in total. The minimum atomic E-state index is -0.608. The van der Waals surface area contributed by atoms with Crippen molar-refractivity contribution in [2.24, 2.45) is 5.92 Å². The third kappa shape index (κ3) is 6.24. The van der Waals surface area contributed by atoms with Gasteiger partial charge in [0.2, 0.25) is 11.8 Å². The van der Waals surface area contributed by atoms with Gasteiger partial charge in [0.15, 0.2) is 0 Å². The highest BCUT2D eigenvalue weighted by Gasteiger charge is 2.46. The summed E-state index contributed by atoms with van der Waals surface area (Å²) in [5, 5.41) is 12.6. The summed E-state index contributed by atoms with van der Waals surface area (Å²) in [5.74, 6) is 1.71. The molecule has 0 radical (unpaired) electrons. The average molecular weight is 751 g/mol. The van der Waals surface area contributed by atoms with E-state index in [1.54, 1.807) is 4.90 Å². The summed E-state index contributed by atoms with van der Waals surface area (Å²) in [6.45, 7) is 6.41. The monoisotopic (exact) mass is 750 g/mol. The van der Waals surface area contributed by atoms with Crippen molar-refractivity contribution in [2.75, 3.05) is 44.2 Å². The van der Waals surface area contributed by atoms with E-state index in [1.165, 1.54) is 46.3 Å². The largest absolute Gasteiger partial charge is 0.508 e. The van der Waals surface area contributed by atoms with Gasteiger partial charge in [-0.3, -0.25) is 19.7 Å². The first-order valence-corrected chi connectivity index (χ1v) is 20.7. The van der Waals surface area contributed by atoms with Gasteiger partial charge in [-0.25, -0.2) is 0 Å². The summed E-state index contributed by atoms with van der Waals surface area (Å²) in [4.78, 5) is 44.5. The highest BCUT2D eigenvalue weighted by molar-refractivity contribution is 6.05. The fourth-order valence-electron chi connectivity index (χ4n) is 10.9. The molecule has 56 heavy (non-hydrogen) atoms. The van der Waals surface area contributed by atoms with Crippen LogP contribution in [0.1, 0.15) is 101 Å². The van der Waals surface area contributed by atoms with Crippen LogP contribution in [0.3, 0.4) is 0 Å². The van der Waals surface area contributed by atoms with Crippen LogP contribution < -0.4 is 15.0 Å². The molecule has 9 nitrogen and oxygen atoms in total. The SMILES string of the molecule is O=C1CC[C@H](N2Cc3cc4c(cc3C2=O)OCC42CCN(CC3CCN(c4ccc([C@@H]5c6ccc(O)cc6CC[C@@H]5c5ccccc5)cc4)CC3)CC2)C(=O)N1. The van der Waals surface area contributed by atoms with Gasteiger partial charge in [-0.15, -0.1) is 0 Å². The molecule has 3 saturated heterocycles. The maximum atomic E-state index is 13.4. The van der Waals surface area contributed by atoms with Crippen molar-refractivity contribution in [3.05, 3.63) is 124 Å². The molecule has 3 amide bonds. The van der Waals surface area contributed by atoms with E-state index in [1.807, 2.05) is 18.2 Å². The highest BCUT2D eigenvalue weighted by Crippen LogP contribution is 2.49. The van der Waals surface area contributed by atoms with Gasteiger partial charge < -0.3 is 24.5 Å². The second kappa shape index (κ2) is 14.1. The van der Waals surface area contributed by atoms with Gasteiger partial charge in [0.1, 0.15) is 17.5 Å². The van der Waals surface area contributed by atoms with Gasteiger partial charge in [0.05, 0.1) is 6.61 Å². The van der Waals surface area contributed by atoms with Crippen LogP contribution in [-0.2, 0) is 28.0 Å². The van der Waals surface area contributed by atoms with Gasteiger partial charge in [-0.1, -0.05) is 48.5 Å². The van der Waals surface area contributed by atoms with Gasteiger partial charge in [0.25, 0.3) is 5.91 Å². The molecule has 4 aromatic rings. The van der Waals surface area contributed by atoms with Gasteiger partial charge in [-0.05, 0) is 134 Å². The number of imide groups is 1. The first kappa shape index (κ1) is 35.3. The number of aromatic hydroxyl groups is 1. The molecule has 0 bridgehead atoms. The zero-order valence-electron chi connectivity index (χ0n) is 31.9. The number of nitrogens with one attached hydrogen (secondary N) is 1. The van der Waals surface area contributed by atoms with Crippen LogP contribution in [0.4, 0.5) is 5.69 Å². The second-order valence-corrected chi connectivity index (χ2v) is 17.2. The van der Waals surface area contributed by atoms with Crippen LogP contribution in [-0.4, -0.2) is 78.0 Å². The summed E-state index contributed by atoms with van der Waals surface area (Å²) < 4.78 is 6.28. The molecule has 1 spiro atoms. The number of amides is 3. The van der Waals surface area contributed by atoms with Crippen LogP contribution in [0.15, 0.2) is 84.9 Å². The number of piperidine rings is 3. The predicted molar refractivity (Wildman–Crippen MR) is 214 cm³/mol. The first-order valence-electron chi connectivity index (χ1n) is 20.7. The molecule has 9 heteroatoms. The van der Waals surface area contributed by atoms with E-state index in [4.69, 9.17) is 4.74 Å². The predicted octanol–water partition coefficient (Wildman–Crippen LogP) is 6.66. The number of aryl methyl sites for hydroxylation is 1. The van der Waals surface area contributed by atoms with Crippen molar-refractivity contribution < 1.29 is 24.2 Å². The molecule has 5 aliphatic heterocycles. The van der Waals surface area contributed by atoms with Crippen LogP contribution in [0.5, 0.6) is 11.5 Å². The van der Waals surface area contributed by atoms with Crippen LogP contribution in [0.25, 0.3) is 0 Å². The molecule has 4 aromatic carbocycles. The standard InChI is InChI=1S/C47H50N4O5/c52-36-11-13-38-33(24-36)8-12-37(31-4-2-1-3-5-31)44(38)32-6-9-35(10-7-32)50-20-16-30(17-21-50)27-49-22-18-47(19-23-49)29-56-42-26-39-34(25-40(42)47)28-51(46(39)55)41-14-15-43(53)48-45(41)54/h1-7,9-11,13,24-26,30,37,41,44,52H,8,12,14-23,27-29H2,(H,48,53,54)/t37-,41+,44+/m1/s1. The fraction of sp³-hybridized carbons (Fsp3) is 0.426. The van der Waals surface area contributed by atoms with E-state index >= 15 is 0 Å². The van der Waals surface area contributed by atoms with Crippen molar-refractivity contribution in [1.29, 1.82) is 0 Å². The van der Waals surface area contributed by atoms with Gasteiger partial charge >= 0.3 is 0 Å². The Morgan fingerprint density at radius 2 is 1.57 bits per heavy atom. The number of hydrogen-bond donors (Lipinski definition) is 2. The lowest BCUT2D eigenvalue weighted by Crippen LogP contribution is -2.52. The summed E-state index contributed by atoms with van der Waals surface area (Å²) in [6.07, 6.45) is 7.11. The van der Waals surface area contributed by atoms with Crippen LogP contribution in [0.2, 0.25) is 0 Å². The number of nitrogens with zero attached hydrogens (tertiary/aromatic N) is 3. The number of phenolic OH excluding ortho intramolecular Hbond substituents is 1. The molecule has 10 rings (SSSR count). The molecule has 3 atom stereocenters. The maximum Gasteiger partial charge on any atom is 0.255 e. The minimum Gasteiger partial charge on any atom is -0.508 e. The summed E-state index contributed by atoms with van der Waals surface area (Å²) in [6, 6.07) is 29.7. The van der Waals surface area contributed by atoms with Crippen LogP contribution in [0, 0.1) is 5.92 Å². The lowest BCUT2D eigenvalue weighted by atomic mass is 9.69. The Kier molecular flexibility index (Phi) is 8.88. The second-order valence-electron chi connectivity index (χ2n) is 17.2. The third-order valence-electron chi connectivity index (χ3n) is 14.1. The molecular formula is C47H50N4O5. The van der Waals surface area contributed by atoms with Crippen LogP contribution >= 0.6 is 0 Å². The zero-order chi connectivity index (χ0) is 38.0. The summed E-state index contributed by atoms with van der Waals surface area (Å²) >= 11 is 0. The van der Waals surface area contributed by atoms with E-state index in [-0.39, 0.29) is 35.5 Å². The lowest BCUT2D eigenvalue weighted by molar-refractivity contribution is -0.136. The number of likely N-dealkylation sites (tertiary alicyclic amines) is 1. The van der Waals surface area contributed by atoms with Gasteiger partial charge in [0, 0.05) is 60.7 Å². The summed E-state index contributed by atoms with van der Waals surface area (Å²) in [5.41, 5.74) is 9.40. The normalized spacial score (nSPS) is 24.8. The van der Waals surface area contributed by atoms with Crippen molar-refractivity contribution >= 4 is 23.4 Å². The number of rotatable bonds is 6. The summed E-state index contributed by atoms with van der Waals surface area (Å²) in [7, 11) is 0. The maximum absolute atomic E-state index is 13.4. The number of carbonyl (C=O) groups excluding carboxylic acids is 3. The van der Waals surface area contributed by atoms with Crippen molar-refractivity contribution in [3.8, 4) is 11.5 Å². The van der Waals surface area contributed by atoms with E-state index in [2.05, 4.69) is 81.8 Å². The number of phenols is 1. The van der Waals surface area contributed by atoms with E-state index in [9.17, 15) is 19.5 Å². The lowest BCUT2D eigenvalue weighted by Gasteiger charge is -2.41. The number of benzene rings is 4. The number of ether oxygens (including phenoxy) is 1. The smallest absolute Gasteiger partial charge is 0.255 e.